The van der Waals surface area contributed by atoms with Gasteiger partial charge in [0.1, 0.15) is 0 Å². The Kier molecular flexibility index (Phi) is 6.46. The second-order valence-electron chi connectivity index (χ2n) is 6.35. The van der Waals surface area contributed by atoms with E-state index >= 15 is 0 Å². The number of rotatable bonds is 7. The summed E-state index contributed by atoms with van der Waals surface area (Å²) in [5.41, 5.74) is 2.49. The Bertz CT molecular complexity index is 723. The summed E-state index contributed by atoms with van der Waals surface area (Å²) in [5, 5.41) is 2.95. The van der Waals surface area contributed by atoms with Gasteiger partial charge in [0.25, 0.3) is 0 Å². The van der Waals surface area contributed by atoms with Crippen LogP contribution in [0, 0.1) is 0 Å². The third kappa shape index (κ3) is 4.34. The second-order valence-corrected chi connectivity index (χ2v) is 6.35. The SMILES string of the molecule is CCOCCn1cc(C2CCN(OC(=O)OCC)CC2)c2ccncc21. The van der Waals surface area contributed by atoms with E-state index in [4.69, 9.17) is 14.3 Å². The van der Waals surface area contributed by atoms with Crippen molar-refractivity contribution < 1.29 is 19.1 Å². The third-order valence-corrected chi connectivity index (χ3v) is 4.76. The topological polar surface area (TPSA) is 65.8 Å². The number of hydroxylamine groups is 2. The summed E-state index contributed by atoms with van der Waals surface area (Å²) in [6.07, 6.45) is 7.25. The van der Waals surface area contributed by atoms with Gasteiger partial charge in [-0.25, -0.2) is 4.79 Å². The molecule has 1 saturated heterocycles. The number of piperidine rings is 1. The zero-order valence-corrected chi connectivity index (χ0v) is 15.5. The first-order valence-electron chi connectivity index (χ1n) is 9.33. The molecule has 0 aliphatic carbocycles. The van der Waals surface area contributed by atoms with Gasteiger partial charge < -0.3 is 18.9 Å². The molecular formula is C19H27N3O4. The highest BCUT2D eigenvalue weighted by Crippen LogP contribution is 2.34. The van der Waals surface area contributed by atoms with Gasteiger partial charge >= 0.3 is 6.16 Å². The Balaban J connectivity index is 1.68. The Labute approximate surface area is 153 Å². The number of carbonyl (C=O) groups is 1. The maximum Gasteiger partial charge on any atom is 0.527 e. The van der Waals surface area contributed by atoms with Crippen molar-refractivity contribution in [3.05, 3.63) is 30.2 Å². The highest BCUT2D eigenvalue weighted by molar-refractivity contribution is 5.83. The van der Waals surface area contributed by atoms with E-state index in [2.05, 4.69) is 21.8 Å². The van der Waals surface area contributed by atoms with Gasteiger partial charge in [-0.1, -0.05) is 0 Å². The number of pyridine rings is 1. The van der Waals surface area contributed by atoms with Gasteiger partial charge in [-0.3, -0.25) is 4.98 Å². The smallest absolute Gasteiger partial charge is 0.433 e. The van der Waals surface area contributed by atoms with Crippen molar-refractivity contribution in [3.8, 4) is 0 Å². The first kappa shape index (κ1) is 18.7. The first-order chi connectivity index (χ1) is 12.7. The van der Waals surface area contributed by atoms with Crippen LogP contribution >= 0.6 is 0 Å². The van der Waals surface area contributed by atoms with Crippen molar-refractivity contribution in [2.75, 3.05) is 32.9 Å². The molecule has 1 aliphatic heterocycles. The third-order valence-electron chi connectivity index (χ3n) is 4.76. The molecule has 3 heterocycles. The van der Waals surface area contributed by atoms with E-state index < -0.39 is 6.16 Å². The van der Waals surface area contributed by atoms with Gasteiger partial charge in [-0.05, 0) is 44.2 Å². The fourth-order valence-electron chi connectivity index (χ4n) is 3.49. The number of hydrogen-bond donors (Lipinski definition) is 0. The average molecular weight is 361 g/mol. The van der Waals surface area contributed by atoms with Crippen LogP contribution in [0.5, 0.6) is 0 Å². The van der Waals surface area contributed by atoms with E-state index in [0.717, 1.165) is 31.5 Å². The fourth-order valence-corrected chi connectivity index (χ4v) is 3.49. The molecule has 0 bridgehead atoms. The molecule has 7 nitrogen and oxygen atoms in total. The van der Waals surface area contributed by atoms with E-state index in [-0.39, 0.29) is 0 Å². The van der Waals surface area contributed by atoms with E-state index in [9.17, 15) is 4.79 Å². The summed E-state index contributed by atoms with van der Waals surface area (Å²) in [7, 11) is 0. The molecule has 0 aromatic carbocycles. The molecule has 0 unspecified atom stereocenters. The number of aromatic nitrogens is 2. The second kappa shape index (κ2) is 9.00. The van der Waals surface area contributed by atoms with E-state index in [1.165, 1.54) is 10.9 Å². The summed E-state index contributed by atoms with van der Waals surface area (Å²) < 4.78 is 12.6. The monoisotopic (exact) mass is 361 g/mol. The van der Waals surface area contributed by atoms with Crippen molar-refractivity contribution in [1.29, 1.82) is 0 Å². The van der Waals surface area contributed by atoms with Crippen LogP contribution in [0.4, 0.5) is 4.79 Å². The van der Waals surface area contributed by atoms with Crippen molar-refractivity contribution in [2.45, 2.75) is 39.2 Å². The fraction of sp³-hybridized carbons (Fsp3) is 0.579. The van der Waals surface area contributed by atoms with Crippen LogP contribution in [0.2, 0.25) is 0 Å². The number of ether oxygens (including phenoxy) is 2. The van der Waals surface area contributed by atoms with Crippen LogP contribution in [-0.2, 0) is 20.9 Å². The van der Waals surface area contributed by atoms with Crippen LogP contribution in [-0.4, -0.2) is 53.7 Å². The van der Waals surface area contributed by atoms with E-state index in [1.54, 1.807) is 12.0 Å². The lowest BCUT2D eigenvalue weighted by Crippen LogP contribution is -2.35. The summed E-state index contributed by atoms with van der Waals surface area (Å²) in [6.45, 7) is 7.76. The number of hydrogen-bond acceptors (Lipinski definition) is 6. The number of fused-ring (bicyclic) bond motifs is 1. The van der Waals surface area contributed by atoms with Crippen LogP contribution < -0.4 is 0 Å². The van der Waals surface area contributed by atoms with Gasteiger partial charge in [-0.2, -0.15) is 0 Å². The molecule has 1 aliphatic rings. The Hall–Kier alpha value is -2.12. The minimum Gasteiger partial charge on any atom is -0.433 e. The molecule has 0 amide bonds. The van der Waals surface area contributed by atoms with Crippen LogP contribution in [0.15, 0.2) is 24.7 Å². The normalized spacial score (nSPS) is 16.1. The van der Waals surface area contributed by atoms with E-state index in [0.29, 0.717) is 32.2 Å². The van der Waals surface area contributed by atoms with Gasteiger partial charge in [-0.15, -0.1) is 5.06 Å². The van der Waals surface area contributed by atoms with Crippen molar-refractivity contribution in [2.24, 2.45) is 0 Å². The van der Waals surface area contributed by atoms with Crippen molar-refractivity contribution in [3.63, 3.8) is 0 Å². The summed E-state index contributed by atoms with van der Waals surface area (Å²) >= 11 is 0. The Morgan fingerprint density at radius 3 is 2.81 bits per heavy atom. The van der Waals surface area contributed by atoms with Crippen molar-refractivity contribution in [1.82, 2.24) is 14.6 Å². The maximum atomic E-state index is 11.5. The Morgan fingerprint density at radius 2 is 2.08 bits per heavy atom. The molecule has 7 heteroatoms. The largest absolute Gasteiger partial charge is 0.527 e. The quantitative estimate of drug-likeness (QED) is 0.557. The van der Waals surface area contributed by atoms with Crippen LogP contribution in [0.1, 0.15) is 38.2 Å². The standard InChI is InChI=1S/C19H27N3O4/c1-3-24-12-11-21-14-17(16-5-8-20-13-18(16)21)15-6-9-22(10-7-15)26-19(23)25-4-2/h5,8,13-15H,3-4,6-7,9-12H2,1-2H3. The molecule has 0 N–H and O–H groups in total. The molecule has 26 heavy (non-hydrogen) atoms. The molecule has 0 saturated carbocycles. The van der Waals surface area contributed by atoms with Crippen LogP contribution in [0.3, 0.4) is 0 Å². The predicted molar refractivity (Wildman–Crippen MR) is 97.9 cm³/mol. The minimum absolute atomic E-state index is 0.324. The summed E-state index contributed by atoms with van der Waals surface area (Å²) in [4.78, 5) is 21.0. The molecular weight excluding hydrogens is 334 g/mol. The lowest BCUT2D eigenvalue weighted by atomic mass is 9.90. The van der Waals surface area contributed by atoms with Crippen molar-refractivity contribution >= 4 is 17.1 Å². The molecule has 3 rings (SSSR count). The van der Waals surface area contributed by atoms with Gasteiger partial charge in [0, 0.05) is 44.0 Å². The molecule has 1 fully saturated rings. The molecule has 2 aromatic heterocycles. The number of nitrogens with zero attached hydrogens (tertiary/aromatic N) is 3. The predicted octanol–water partition coefficient (Wildman–Crippen LogP) is 3.34. The number of carbonyl (C=O) groups excluding carboxylic acids is 1. The molecule has 0 atom stereocenters. The zero-order valence-electron chi connectivity index (χ0n) is 15.5. The average Bonchev–Trinajstić information content (AvgIpc) is 3.02. The highest BCUT2D eigenvalue weighted by Gasteiger charge is 2.26. The highest BCUT2D eigenvalue weighted by atomic mass is 16.8. The van der Waals surface area contributed by atoms with Gasteiger partial charge in [0.15, 0.2) is 0 Å². The lowest BCUT2D eigenvalue weighted by molar-refractivity contribution is -0.138. The minimum atomic E-state index is -0.621. The first-order valence-corrected chi connectivity index (χ1v) is 9.33. The lowest BCUT2D eigenvalue weighted by Gasteiger charge is -2.29. The zero-order chi connectivity index (χ0) is 18.4. The summed E-state index contributed by atoms with van der Waals surface area (Å²) in [5.74, 6) is 0.440. The Morgan fingerprint density at radius 1 is 1.27 bits per heavy atom. The molecule has 0 spiro atoms. The molecule has 0 radical (unpaired) electrons. The van der Waals surface area contributed by atoms with Crippen LogP contribution in [0.25, 0.3) is 10.9 Å². The van der Waals surface area contributed by atoms with Gasteiger partial charge in [0.2, 0.25) is 0 Å². The van der Waals surface area contributed by atoms with Gasteiger partial charge in [0.05, 0.1) is 24.9 Å². The maximum absolute atomic E-state index is 11.5. The molecule has 2 aromatic rings. The summed E-state index contributed by atoms with van der Waals surface area (Å²) in [6, 6.07) is 2.09. The van der Waals surface area contributed by atoms with E-state index in [1.807, 2.05) is 19.3 Å². The molecule has 142 valence electrons.